The Hall–Kier alpha value is -1.38. The summed E-state index contributed by atoms with van der Waals surface area (Å²) >= 11 is 0. The van der Waals surface area contributed by atoms with Crippen LogP contribution in [0.15, 0.2) is 18.2 Å². The Bertz CT molecular complexity index is 431. The Kier molecular flexibility index (Phi) is 1.40. The summed E-state index contributed by atoms with van der Waals surface area (Å²) in [5, 5.41) is 0.313. The summed E-state index contributed by atoms with van der Waals surface area (Å²) in [6.45, 7) is 1.80. The second kappa shape index (κ2) is 2.30. The largest absolute Gasteiger partial charge is 0.359 e. The third kappa shape index (κ3) is 0.897. The van der Waals surface area contributed by atoms with E-state index in [4.69, 9.17) is 0 Å². The molecule has 0 aliphatic rings. The summed E-state index contributed by atoms with van der Waals surface area (Å²) in [6, 6.07) is 4.24. The molecule has 1 nitrogen and oxygen atoms in total. The van der Waals surface area contributed by atoms with Gasteiger partial charge in [0.15, 0.2) is 11.6 Å². The summed E-state index contributed by atoms with van der Waals surface area (Å²) in [5.74, 6) is -1.58. The minimum absolute atomic E-state index is 0.313. The van der Waals surface area contributed by atoms with Gasteiger partial charge < -0.3 is 4.98 Å². The van der Waals surface area contributed by atoms with Gasteiger partial charge in [-0.15, -0.1) is 0 Å². The van der Waals surface area contributed by atoms with Crippen LogP contribution in [0, 0.1) is 18.6 Å². The molecule has 0 bridgehead atoms. The first-order valence-corrected chi connectivity index (χ1v) is 3.62. The van der Waals surface area contributed by atoms with Gasteiger partial charge in [0.25, 0.3) is 0 Å². The number of fused-ring (bicyclic) bond motifs is 1. The molecule has 0 atom stereocenters. The number of benzene rings is 1. The van der Waals surface area contributed by atoms with Crippen LogP contribution in [-0.2, 0) is 0 Å². The fourth-order valence-corrected chi connectivity index (χ4v) is 1.28. The van der Waals surface area contributed by atoms with E-state index in [1.54, 1.807) is 13.0 Å². The van der Waals surface area contributed by atoms with Crippen molar-refractivity contribution >= 4 is 10.9 Å². The van der Waals surface area contributed by atoms with E-state index >= 15 is 0 Å². The normalized spacial score (nSPS) is 10.9. The predicted octanol–water partition coefficient (Wildman–Crippen LogP) is 2.75. The summed E-state index contributed by atoms with van der Waals surface area (Å²) in [5.41, 5.74) is 1.46. The molecule has 62 valence electrons. The average molecular weight is 167 g/mol. The van der Waals surface area contributed by atoms with Gasteiger partial charge in [0.2, 0.25) is 0 Å². The van der Waals surface area contributed by atoms with Crippen molar-refractivity contribution in [1.29, 1.82) is 0 Å². The number of aryl methyl sites for hydroxylation is 1. The molecular weight excluding hydrogens is 160 g/mol. The van der Waals surface area contributed by atoms with E-state index in [0.717, 1.165) is 11.8 Å². The van der Waals surface area contributed by atoms with Crippen molar-refractivity contribution in [3.8, 4) is 0 Å². The van der Waals surface area contributed by atoms with Gasteiger partial charge in [-0.05, 0) is 25.1 Å². The van der Waals surface area contributed by atoms with Gasteiger partial charge in [-0.2, -0.15) is 0 Å². The van der Waals surface area contributed by atoms with Gasteiger partial charge >= 0.3 is 0 Å². The standard InChI is InChI=1S/C9H7F2N/c1-5-4-6-8(12-5)3-2-7(10)9(6)11/h2-4,12H,1H3. The van der Waals surface area contributed by atoms with Crippen molar-refractivity contribution in [2.75, 3.05) is 0 Å². The number of aromatic nitrogens is 1. The van der Waals surface area contributed by atoms with Crippen molar-refractivity contribution in [1.82, 2.24) is 4.98 Å². The van der Waals surface area contributed by atoms with E-state index in [2.05, 4.69) is 4.98 Å². The third-order valence-electron chi connectivity index (χ3n) is 1.83. The highest BCUT2D eigenvalue weighted by molar-refractivity contribution is 5.81. The van der Waals surface area contributed by atoms with Crippen LogP contribution in [-0.4, -0.2) is 4.98 Å². The number of nitrogens with one attached hydrogen (secondary N) is 1. The molecule has 2 rings (SSSR count). The maximum absolute atomic E-state index is 13.0. The maximum Gasteiger partial charge on any atom is 0.168 e. The lowest BCUT2D eigenvalue weighted by Gasteiger charge is -1.92. The molecule has 0 fully saturated rings. The van der Waals surface area contributed by atoms with Gasteiger partial charge in [-0.25, -0.2) is 8.78 Å². The van der Waals surface area contributed by atoms with Crippen LogP contribution in [0.4, 0.5) is 8.78 Å². The van der Waals surface area contributed by atoms with Crippen molar-refractivity contribution in [2.45, 2.75) is 6.92 Å². The number of halogens is 2. The van der Waals surface area contributed by atoms with Crippen LogP contribution in [0.1, 0.15) is 5.69 Å². The van der Waals surface area contributed by atoms with Gasteiger partial charge in [-0.3, -0.25) is 0 Å². The van der Waals surface area contributed by atoms with Crippen LogP contribution in [0.5, 0.6) is 0 Å². The monoisotopic (exact) mass is 167 g/mol. The third-order valence-corrected chi connectivity index (χ3v) is 1.83. The SMILES string of the molecule is Cc1cc2c(F)c(F)ccc2[nH]1. The van der Waals surface area contributed by atoms with Gasteiger partial charge in [0.1, 0.15) is 0 Å². The number of hydrogen-bond donors (Lipinski definition) is 1. The molecule has 0 saturated heterocycles. The molecule has 2 aromatic rings. The lowest BCUT2D eigenvalue weighted by Crippen LogP contribution is -1.82. The molecule has 0 spiro atoms. The average Bonchev–Trinajstić information content (AvgIpc) is 2.39. The molecule has 0 saturated carbocycles. The smallest absolute Gasteiger partial charge is 0.168 e. The number of rotatable bonds is 0. The summed E-state index contributed by atoms with van der Waals surface area (Å²) in [7, 11) is 0. The first kappa shape index (κ1) is 7.28. The molecule has 1 aromatic heterocycles. The van der Waals surface area contributed by atoms with Crippen molar-refractivity contribution in [3.63, 3.8) is 0 Å². The molecule has 3 heteroatoms. The van der Waals surface area contributed by atoms with Gasteiger partial charge in [0, 0.05) is 16.6 Å². The second-order valence-electron chi connectivity index (χ2n) is 2.77. The molecular formula is C9H7F2N. The highest BCUT2D eigenvalue weighted by Crippen LogP contribution is 2.20. The fraction of sp³-hybridized carbons (Fsp3) is 0.111. The molecule has 0 amide bonds. The summed E-state index contributed by atoms with van der Waals surface area (Å²) < 4.78 is 25.7. The fourth-order valence-electron chi connectivity index (χ4n) is 1.28. The predicted molar refractivity (Wildman–Crippen MR) is 43.0 cm³/mol. The van der Waals surface area contributed by atoms with E-state index in [9.17, 15) is 8.78 Å². The molecule has 0 aliphatic carbocycles. The van der Waals surface area contributed by atoms with E-state index < -0.39 is 11.6 Å². The Morgan fingerprint density at radius 1 is 1.25 bits per heavy atom. The zero-order chi connectivity index (χ0) is 8.72. The van der Waals surface area contributed by atoms with E-state index in [0.29, 0.717) is 10.9 Å². The molecule has 12 heavy (non-hydrogen) atoms. The molecule has 1 aromatic carbocycles. The zero-order valence-electron chi connectivity index (χ0n) is 6.49. The van der Waals surface area contributed by atoms with Gasteiger partial charge in [-0.1, -0.05) is 0 Å². The van der Waals surface area contributed by atoms with Crippen LogP contribution in [0.2, 0.25) is 0 Å². The highest BCUT2D eigenvalue weighted by atomic mass is 19.2. The first-order valence-electron chi connectivity index (χ1n) is 3.62. The summed E-state index contributed by atoms with van der Waals surface area (Å²) in [4.78, 5) is 2.92. The van der Waals surface area contributed by atoms with Crippen LogP contribution in [0.25, 0.3) is 10.9 Å². The van der Waals surface area contributed by atoms with Crippen molar-refractivity contribution in [2.24, 2.45) is 0 Å². The Balaban J connectivity index is 2.89. The summed E-state index contributed by atoms with van der Waals surface area (Å²) in [6.07, 6.45) is 0. The van der Waals surface area contributed by atoms with Crippen LogP contribution >= 0.6 is 0 Å². The first-order chi connectivity index (χ1) is 5.68. The molecule has 0 radical (unpaired) electrons. The lowest BCUT2D eigenvalue weighted by atomic mass is 10.2. The van der Waals surface area contributed by atoms with E-state index in [-0.39, 0.29) is 0 Å². The van der Waals surface area contributed by atoms with E-state index in [1.807, 2.05) is 0 Å². The molecule has 1 N–H and O–H groups in total. The molecule has 0 unspecified atom stereocenters. The minimum Gasteiger partial charge on any atom is -0.359 e. The molecule has 0 aliphatic heterocycles. The number of H-pyrrole nitrogens is 1. The Morgan fingerprint density at radius 2 is 2.00 bits per heavy atom. The Morgan fingerprint density at radius 3 is 2.75 bits per heavy atom. The quantitative estimate of drug-likeness (QED) is 0.621. The topological polar surface area (TPSA) is 15.8 Å². The van der Waals surface area contributed by atoms with Gasteiger partial charge in [0.05, 0.1) is 0 Å². The molecule has 1 heterocycles. The second-order valence-corrected chi connectivity index (χ2v) is 2.77. The van der Waals surface area contributed by atoms with Crippen LogP contribution < -0.4 is 0 Å². The van der Waals surface area contributed by atoms with Crippen LogP contribution in [0.3, 0.4) is 0 Å². The van der Waals surface area contributed by atoms with Crippen molar-refractivity contribution in [3.05, 3.63) is 35.5 Å². The zero-order valence-corrected chi connectivity index (χ0v) is 6.49. The number of aromatic amines is 1. The maximum atomic E-state index is 13.0. The van der Waals surface area contributed by atoms with E-state index in [1.165, 1.54) is 6.07 Å². The van der Waals surface area contributed by atoms with Crippen molar-refractivity contribution < 1.29 is 8.78 Å². The number of hydrogen-bond acceptors (Lipinski definition) is 0. The lowest BCUT2D eigenvalue weighted by molar-refractivity contribution is 0.517. The highest BCUT2D eigenvalue weighted by Gasteiger charge is 2.07. The minimum atomic E-state index is -0.804. The Labute approximate surface area is 68.0 Å².